The van der Waals surface area contributed by atoms with Crippen LogP contribution in [0.2, 0.25) is 0 Å². The molecular formula is C11H11F5N2O. The number of rotatable bonds is 4. The van der Waals surface area contributed by atoms with Crippen LogP contribution in [0.25, 0.3) is 0 Å². The molecule has 0 saturated heterocycles. The van der Waals surface area contributed by atoms with Crippen LogP contribution < -0.4 is 11.1 Å². The quantitative estimate of drug-likeness (QED) is 0.830. The number of amides is 1. The van der Waals surface area contributed by atoms with Gasteiger partial charge < -0.3 is 11.1 Å². The fourth-order valence-electron chi connectivity index (χ4n) is 1.26. The third-order valence-electron chi connectivity index (χ3n) is 2.35. The maximum absolute atomic E-state index is 12.6. The highest BCUT2D eigenvalue weighted by Crippen LogP contribution is 2.35. The molecule has 0 radical (unpaired) electrons. The Balaban J connectivity index is 2.61. The molecule has 0 aliphatic rings. The number of hydrogen-bond donors (Lipinski definition) is 2. The van der Waals surface area contributed by atoms with E-state index in [2.05, 4.69) is 0 Å². The van der Waals surface area contributed by atoms with Crippen LogP contribution in [0.3, 0.4) is 0 Å². The van der Waals surface area contributed by atoms with Gasteiger partial charge in [-0.25, -0.2) is 0 Å². The first-order valence-corrected chi connectivity index (χ1v) is 5.19. The van der Waals surface area contributed by atoms with Crippen LogP contribution in [0.5, 0.6) is 0 Å². The van der Waals surface area contributed by atoms with Gasteiger partial charge in [-0.05, 0) is 5.56 Å². The summed E-state index contributed by atoms with van der Waals surface area (Å²) in [6.07, 6.45) is -5.92. The molecule has 0 aliphatic heterocycles. The van der Waals surface area contributed by atoms with E-state index < -0.39 is 30.6 Å². The van der Waals surface area contributed by atoms with E-state index in [0.29, 0.717) is 5.56 Å². The van der Waals surface area contributed by atoms with E-state index >= 15 is 0 Å². The van der Waals surface area contributed by atoms with Gasteiger partial charge in [0.15, 0.2) is 0 Å². The van der Waals surface area contributed by atoms with Gasteiger partial charge in [0.1, 0.15) is 0 Å². The zero-order valence-corrected chi connectivity index (χ0v) is 9.55. The van der Waals surface area contributed by atoms with Gasteiger partial charge in [-0.15, -0.1) is 0 Å². The Morgan fingerprint density at radius 1 is 1.16 bits per heavy atom. The van der Waals surface area contributed by atoms with Crippen LogP contribution in [-0.2, 0) is 4.79 Å². The molecule has 0 aliphatic carbocycles. The van der Waals surface area contributed by atoms with E-state index in [1.54, 1.807) is 30.3 Å². The Morgan fingerprint density at radius 2 is 1.68 bits per heavy atom. The van der Waals surface area contributed by atoms with Crippen molar-refractivity contribution in [1.82, 2.24) is 5.32 Å². The molecule has 1 aromatic rings. The van der Waals surface area contributed by atoms with Crippen molar-refractivity contribution in [2.75, 3.05) is 6.54 Å². The molecule has 0 bridgehead atoms. The van der Waals surface area contributed by atoms with E-state index in [4.69, 9.17) is 5.73 Å². The predicted octanol–water partition coefficient (Wildman–Crippen LogP) is 2.00. The molecule has 3 nitrogen and oxygen atoms in total. The van der Waals surface area contributed by atoms with Crippen LogP contribution in [0.1, 0.15) is 11.6 Å². The van der Waals surface area contributed by atoms with Gasteiger partial charge in [0.25, 0.3) is 5.91 Å². The molecule has 1 rings (SSSR count). The Morgan fingerprint density at radius 3 is 2.16 bits per heavy atom. The van der Waals surface area contributed by atoms with E-state index in [-0.39, 0.29) is 0 Å². The third-order valence-corrected chi connectivity index (χ3v) is 2.35. The molecule has 0 heterocycles. The minimum atomic E-state index is -5.92. The highest BCUT2D eigenvalue weighted by atomic mass is 19.4. The Labute approximate surface area is 105 Å². The van der Waals surface area contributed by atoms with Crippen LogP contribution in [-0.4, -0.2) is 24.6 Å². The summed E-state index contributed by atoms with van der Waals surface area (Å²) in [7, 11) is 0. The molecule has 1 aromatic carbocycles. The molecule has 0 saturated carbocycles. The lowest BCUT2D eigenvalue weighted by atomic mass is 10.1. The van der Waals surface area contributed by atoms with Crippen molar-refractivity contribution >= 4 is 5.91 Å². The summed E-state index contributed by atoms with van der Waals surface area (Å²) in [5, 5.41) is 1.49. The zero-order valence-electron chi connectivity index (χ0n) is 9.55. The number of halogens is 5. The first-order chi connectivity index (χ1) is 8.66. The lowest BCUT2D eigenvalue weighted by Gasteiger charge is -2.20. The number of alkyl halides is 5. The highest BCUT2D eigenvalue weighted by molar-refractivity contribution is 5.84. The molecule has 3 N–H and O–H groups in total. The second kappa shape index (κ2) is 5.52. The largest absolute Gasteiger partial charge is 0.463 e. The Hall–Kier alpha value is -1.70. The monoisotopic (exact) mass is 282 g/mol. The Bertz CT molecular complexity index is 432. The summed E-state index contributed by atoms with van der Waals surface area (Å²) in [6, 6.07) is 7.21. The average Bonchev–Trinajstić information content (AvgIpc) is 2.35. The smallest absolute Gasteiger partial charge is 0.349 e. The van der Waals surface area contributed by atoms with Gasteiger partial charge in [0.2, 0.25) is 0 Å². The SMILES string of the molecule is NC(CNC(=O)C(F)(F)C(F)(F)F)c1ccccc1. The van der Waals surface area contributed by atoms with Crippen molar-refractivity contribution in [3.8, 4) is 0 Å². The van der Waals surface area contributed by atoms with Gasteiger partial charge >= 0.3 is 12.1 Å². The predicted molar refractivity (Wildman–Crippen MR) is 57.4 cm³/mol. The summed E-state index contributed by atoms with van der Waals surface area (Å²) < 4.78 is 60.9. The van der Waals surface area contributed by atoms with Crippen LogP contribution in [0, 0.1) is 0 Å². The molecular weight excluding hydrogens is 271 g/mol. The zero-order chi connectivity index (χ0) is 14.7. The van der Waals surface area contributed by atoms with Gasteiger partial charge in [-0.2, -0.15) is 22.0 Å². The summed E-state index contributed by atoms with van der Waals surface area (Å²) in [4.78, 5) is 10.8. The third kappa shape index (κ3) is 3.63. The topological polar surface area (TPSA) is 55.1 Å². The summed E-state index contributed by atoms with van der Waals surface area (Å²) in [5.74, 6) is -7.84. The molecule has 1 atom stereocenters. The average molecular weight is 282 g/mol. The minimum absolute atomic E-state index is 0.512. The lowest BCUT2D eigenvalue weighted by Crippen LogP contribution is -2.51. The normalized spacial score (nSPS) is 14.0. The van der Waals surface area contributed by atoms with Crippen molar-refractivity contribution in [3.63, 3.8) is 0 Å². The molecule has 1 amide bonds. The number of benzene rings is 1. The van der Waals surface area contributed by atoms with Crippen LogP contribution >= 0.6 is 0 Å². The molecule has 106 valence electrons. The van der Waals surface area contributed by atoms with Crippen molar-refractivity contribution in [2.24, 2.45) is 5.73 Å². The fraction of sp³-hybridized carbons (Fsp3) is 0.364. The second-order valence-corrected chi connectivity index (χ2v) is 3.80. The van der Waals surface area contributed by atoms with Gasteiger partial charge in [0.05, 0.1) is 0 Å². The lowest BCUT2D eigenvalue weighted by molar-refractivity contribution is -0.269. The summed E-state index contributed by atoms with van der Waals surface area (Å²) in [5.41, 5.74) is 6.07. The number of hydrogen-bond acceptors (Lipinski definition) is 2. The van der Waals surface area contributed by atoms with E-state index in [0.717, 1.165) is 0 Å². The molecule has 1 unspecified atom stereocenters. The molecule has 0 fully saturated rings. The number of nitrogens with one attached hydrogen (secondary N) is 1. The van der Waals surface area contributed by atoms with Crippen molar-refractivity contribution in [2.45, 2.75) is 18.1 Å². The molecule has 8 heteroatoms. The highest BCUT2D eigenvalue weighted by Gasteiger charge is 2.63. The second-order valence-electron chi connectivity index (χ2n) is 3.80. The van der Waals surface area contributed by atoms with Gasteiger partial charge in [-0.3, -0.25) is 4.79 Å². The van der Waals surface area contributed by atoms with Gasteiger partial charge in [-0.1, -0.05) is 30.3 Å². The molecule has 0 spiro atoms. The van der Waals surface area contributed by atoms with Crippen LogP contribution in [0.4, 0.5) is 22.0 Å². The van der Waals surface area contributed by atoms with Crippen molar-refractivity contribution < 1.29 is 26.7 Å². The molecule has 19 heavy (non-hydrogen) atoms. The van der Waals surface area contributed by atoms with E-state index in [1.165, 1.54) is 5.32 Å². The van der Waals surface area contributed by atoms with Crippen LogP contribution in [0.15, 0.2) is 30.3 Å². The number of nitrogens with two attached hydrogens (primary N) is 1. The first kappa shape index (κ1) is 15.4. The fourth-order valence-corrected chi connectivity index (χ4v) is 1.26. The summed E-state index contributed by atoms with van der Waals surface area (Å²) >= 11 is 0. The summed E-state index contributed by atoms with van der Waals surface area (Å²) in [6.45, 7) is -0.519. The van der Waals surface area contributed by atoms with E-state index in [1.807, 2.05) is 0 Å². The first-order valence-electron chi connectivity index (χ1n) is 5.19. The maximum atomic E-state index is 12.6. The van der Waals surface area contributed by atoms with E-state index in [9.17, 15) is 26.7 Å². The van der Waals surface area contributed by atoms with Crippen molar-refractivity contribution in [3.05, 3.63) is 35.9 Å². The molecule has 0 aromatic heterocycles. The number of carbonyl (C=O) groups is 1. The standard InChI is InChI=1S/C11H11F5N2O/c12-10(13,11(14,15)16)9(19)18-6-8(17)7-4-2-1-3-5-7/h1-5,8H,6,17H2,(H,18,19). The maximum Gasteiger partial charge on any atom is 0.463 e. The van der Waals surface area contributed by atoms with Gasteiger partial charge in [0, 0.05) is 12.6 Å². The number of carbonyl (C=O) groups excluding carboxylic acids is 1. The van der Waals surface area contributed by atoms with Crippen molar-refractivity contribution in [1.29, 1.82) is 0 Å². The Kier molecular flexibility index (Phi) is 4.46. The minimum Gasteiger partial charge on any atom is -0.349 e.